The van der Waals surface area contributed by atoms with Gasteiger partial charge in [0.05, 0.1) is 6.04 Å². The van der Waals surface area contributed by atoms with Crippen LogP contribution in [0.2, 0.25) is 0 Å². The summed E-state index contributed by atoms with van der Waals surface area (Å²) < 4.78 is 0. The molecule has 1 aromatic carbocycles. The molecule has 14 N–H and O–H groups in total. The summed E-state index contributed by atoms with van der Waals surface area (Å²) in [5.41, 5.74) is 22.7. The van der Waals surface area contributed by atoms with Crippen molar-refractivity contribution < 1.29 is 39.3 Å². The van der Waals surface area contributed by atoms with E-state index in [1.165, 1.54) is 12.1 Å². The van der Waals surface area contributed by atoms with Crippen LogP contribution in [0.15, 0.2) is 29.3 Å². The molecule has 1 aromatic rings. The van der Waals surface area contributed by atoms with Crippen LogP contribution < -0.4 is 38.9 Å². The monoisotopic (exact) mass is 594 g/mol. The van der Waals surface area contributed by atoms with Gasteiger partial charge in [-0.1, -0.05) is 12.1 Å². The number of benzene rings is 1. The second-order valence-corrected chi connectivity index (χ2v) is 9.66. The number of nitrogens with zero attached hydrogens (tertiary/aromatic N) is 1. The molecule has 42 heavy (non-hydrogen) atoms. The number of aliphatic carboxylic acids is 2. The van der Waals surface area contributed by atoms with Crippen molar-refractivity contribution in [2.24, 2.45) is 27.9 Å². The van der Waals surface area contributed by atoms with E-state index in [-0.39, 0.29) is 43.9 Å². The van der Waals surface area contributed by atoms with E-state index < -0.39 is 60.2 Å². The van der Waals surface area contributed by atoms with Crippen molar-refractivity contribution in [2.75, 3.05) is 13.1 Å². The largest absolute Gasteiger partial charge is 0.508 e. The van der Waals surface area contributed by atoms with Crippen LogP contribution >= 0.6 is 0 Å². The number of nitrogens with one attached hydrogen (secondary N) is 3. The lowest BCUT2D eigenvalue weighted by atomic mass is 10.0. The van der Waals surface area contributed by atoms with Crippen molar-refractivity contribution in [3.63, 3.8) is 0 Å². The third kappa shape index (κ3) is 14.3. The fourth-order valence-electron chi connectivity index (χ4n) is 3.84. The van der Waals surface area contributed by atoms with E-state index in [4.69, 9.17) is 28.0 Å². The van der Waals surface area contributed by atoms with Crippen molar-refractivity contribution >= 4 is 35.6 Å². The molecule has 0 spiro atoms. The fourth-order valence-corrected chi connectivity index (χ4v) is 3.84. The highest BCUT2D eigenvalue weighted by atomic mass is 16.4. The molecule has 4 unspecified atom stereocenters. The lowest BCUT2D eigenvalue weighted by Gasteiger charge is -2.25. The van der Waals surface area contributed by atoms with E-state index in [9.17, 15) is 34.2 Å². The SMILES string of the molecule is NCCCCC(NC(=O)C(Cc1ccc(O)cc1)NC(=O)C(N)CCCN=C(N)N)C(=O)NC(CCC(=O)O)C(=O)O. The summed E-state index contributed by atoms with van der Waals surface area (Å²) in [5, 5.41) is 35.4. The van der Waals surface area contributed by atoms with E-state index in [1.54, 1.807) is 12.1 Å². The Balaban J connectivity index is 3.11. The minimum Gasteiger partial charge on any atom is -0.508 e. The van der Waals surface area contributed by atoms with Crippen molar-refractivity contribution in [2.45, 2.75) is 75.5 Å². The number of carbonyl (C=O) groups is 5. The first-order valence-electron chi connectivity index (χ1n) is 13.5. The average molecular weight is 595 g/mol. The summed E-state index contributed by atoms with van der Waals surface area (Å²) in [4.78, 5) is 65.7. The van der Waals surface area contributed by atoms with Gasteiger partial charge in [0.2, 0.25) is 17.7 Å². The van der Waals surface area contributed by atoms with Crippen molar-refractivity contribution in [3.05, 3.63) is 29.8 Å². The average Bonchev–Trinajstić information content (AvgIpc) is 2.92. The van der Waals surface area contributed by atoms with E-state index in [1.807, 2.05) is 0 Å². The third-order valence-corrected chi connectivity index (χ3v) is 6.15. The predicted molar refractivity (Wildman–Crippen MR) is 153 cm³/mol. The number of rotatable bonds is 20. The van der Waals surface area contributed by atoms with Gasteiger partial charge in [-0.15, -0.1) is 0 Å². The number of carboxylic acid groups (broad SMARTS) is 2. The molecule has 4 atom stereocenters. The second-order valence-electron chi connectivity index (χ2n) is 9.66. The third-order valence-electron chi connectivity index (χ3n) is 6.15. The van der Waals surface area contributed by atoms with Gasteiger partial charge in [-0.05, 0) is 62.8 Å². The Kier molecular flexibility index (Phi) is 15.9. The number of aromatic hydroxyl groups is 1. The number of phenolic OH excluding ortho intramolecular Hbond substituents is 1. The molecular weight excluding hydrogens is 552 g/mol. The molecule has 0 fully saturated rings. The number of hydrogen-bond acceptors (Lipinski definition) is 9. The number of unbranched alkanes of at least 4 members (excludes halogenated alkanes) is 1. The smallest absolute Gasteiger partial charge is 0.326 e. The summed E-state index contributed by atoms with van der Waals surface area (Å²) in [6.45, 7) is 0.573. The summed E-state index contributed by atoms with van der Waals surface area (Å²) in [5.74, 6) is -4.96. The maximum Gasteiger partial charge on any atom is 0.326 e. The van der Waals surface area contributed by atoms with E-state index in [0.717, 1.165) is 0 Å². The Morgan fingerprint density at radius 1 is 0.786 bits per heavy atom. The van der Waals surface area contributed by atoms with Gasteiger partial charge in [0.25, 0.3) is 0 Å². The molecule has 0 aliphatic heterocycles. The molecule has 0 aliphatic carbocycles. The predicted octanol–water partition coefficient (Wildman–Crippen LogP) is -2.15. The molecule has 16 nitrogen and oxygen atoms in total. The Labute approximate surface area is 243 Å². The molecule has 0 bridgehead atoms. The second kappa shape index (κ2) is 18.8. The van der Waals surface area contributed by atoms with Crippen LogP contribution in [0.3, 0.4) is 0 Å². The van der Waals surface area contributed by atoms with Gasteiger partial charge >= 0.3 is 11.9 Å². The van der Waals surface area contributed by atoms with Crippen LogP contribution in [0, 0.1) is 0 Å². The number of aliphatic imine (C=N–C) groups is 1. The van der Waals surface area contributed by atoms with Crippen LogP contribution in [0.1, 0.15) is 50.5 Å². The first-order valence-corrected chi connectivity index (χ1v) is 13.5. The lowest BCUT2D eigenvalue weighted by Crippen LogP contribution is -2.57. The summed E-state index contributed by atoms with van der Waals surface area (Å²) in [7, 11) is 0. The van der Waals surface area contributed by atoms with Crippen molar-refractivity contribution in [1.29, 1.82) is 0 Å². The van der Waals surface area contributed by atoms with Gasteiger partial charge in [-0.2, -0.15) is 0 Å². The molecule has 1 rings (SSSR count). The van der Waals surface area contributed by atoms with Crippen LogP contribution in [0.5, 0.6) is 5.75 Å². The van der Waals surface area contributed by atoms with Gasteiger partial charge in [-0.25, -0.2) is 4.79 Å². The molecule has 0 aromatic heterocycles. The van der Waals surface area contributed by atoms with E-state index >= 15 is 0 Å². The molecule has 0 heterocycles. The molecule has 234 valence electrons. The Hall–Kier alpha value is -4.44. The molecule has 0 saturated heterocycles. The quantitative estimate of drug-likeness (QED) is 0.0439. The highest BCUT2D eigenvalue weighted by Gasteiger charge is 2.30. The lowest BCUT2D eigenvalue weighted by molar-refractivity contribution is -0.143. The van der Waals surface area contributed by atoms with Gasteiger partial charge < -0.3 is 54.2 Å². The molecule has 16 heteroatoms. The molecule has 0 saturated carbocycles. The molecule has 0 radical (unpaired) electrons. The number of carbonyl (C=O) groups excluding carboxylic acids is 3. The van der Waals surface area contributed by atoms with E-state index in [2.05, 4.69) is 20.9 Å². The van der Waals surface area contributed by atoms with Crippen LogP contribution in [0.25, 0.3) is 0 Å². The number of hydrogen-bond donors (Lipinski definition) is 10. The molecule has 0 aliphatic rings. The zero-order valence-electron chi connectivity index (χ0n) is 23.3. The van der Waals surface area contributed by atoms with Crippen LogP contribution in [-0.2, 0) is 30.4 Å². The topological polar surface area (TPSA) is 299 Å². The highest BCUT2D eigenvalue weighted by molar-refractivity contribution is 5.94. The van der Waals surface area contributed by atoms with E-state index in [0.29, 0.717) is 31.4 Å². The van der Waals surface area contributed by atoms with Crippen LogP contribution in [0.4, 0.5) is 0 Å². The number of amides is 3. The Bertz CT molecular complexity index is 1080. The zero-order valence-corrected chi connectivity index (χ0v) is 23.3. The number of phenols is 1. The Morgan fingerprint density at radius 2 is 1.38 bits per heavy atom. The van der Waals surface area contributed by atoms with Gasteiger partial charge in [0.15, 0.2) is 5.96 Å². The first kappa shape index (κ1) is 35.6. The minimum atomic E-state index is -1.49. The highest BCUT2D eigenvalue weighted by Crippen LogP contribution is 2.13. The maximum absolute atomic E-state index is 13.4. The van der Waals surface area contributed by atoms with Gasteiger partial charge in [0, 0.05) is 19.4 Å². The summed E-state index contributed by atoms with van der Waals surface area (Å²) >= 11 is 0. The van der Waals surface area contributed by atoms with Gasteiger partial charge in [0.1, 0.15) is 23.9 Å². The zero-order chi connectivity index (χ0) is 31.7. The van der Waals surface area contributed by atoms with Gasteiger partial charge in [-0.3, -0.25) is 24.2 Å². The normalized spacial score (nSPS) is 13.6. The van der Waals surface area contributed by atoms with Crippen molar-refractivity contribution in [1.82, 2.24) is 16.0 Å². The van der Waals surface area contributed by atoms with Crippen molar-refractivity contribution in [3.8, 4) is 5.75 Å². The maximum atomic E-state index is 13.4. The van der Waals surface area contributed by atoms with Crippen LogP contribution in [-0.4, -0.2) is 88.2 Å². The molecular formula is C26H42N8O8. The number of guanidine groups is 1. The summed E-state index contributed by atoms with van der Waals surface area (Å²) in [6, 6.07) is 1.04. The first-order chi connectivity index (χ1) is 19.8. The standard InChI is InChI=1S/C26H42N8O8/c27-12-2-1-5-18(23(39)33-19(25(41)42)10-11-21(36)37)32-24(40)20(14-15-6-8-16(35)9-7-15)34-22(38)17(28)4-3-13-31-26(29)30/h6-9,17-20,35H,1-5,10-14,27-28H2,(H,32,40)(H,33,39)(H,34,38)(H,36,37)(H,41,42)(H4,29,30,31). The number of carboxylic acids is 2. The minimum absolute atomic E-state index is 0.000828. The summed E-state index contributed by atoms with van der Waals surface area (Å²) in [6.07, 6.45) is 0.774. The number of nitrogens with two attached hydrogens (primary N) is 4. The Morgan fingerprint density at radius 3 is 1.95 bits per heavy atom. The fraction of sp³-hybridized carbons (Fsp3) is 0.538. The molecule has 3 amide bonds.